The fourth-order valence-corrected chi connectivity index (χ4v) is 2.81. The molecule has 1 aromatic heterocycles. The van der Waals surface area contributed by atoms with Crippen molar-refractivity contribution in [2.75, 3.05) is 20.3 Å². The lowest BCUT2D eigenvalue weighted by Crippen LogP contribution is -2.36. The van der Waals surface area contributed by atoms with Crippen LogP contribution in [0.4, 0.5) is 0 Å². The van der Waals surface area contributed by atoms with E-state index in [9.17, 15) is 0 Å². The molecule has 2 rings (SSSR count). The van der Waals surface area contributed by atoms with Crippen LogP contribution in [0.1, 0.15) is 29.7 Å². The van der Waals surface area contributed by atoms with Crippen molar-refractivity contribution < 1.29 is 9.47 Å². The van der Waals surface area contributed by atoms with Gasteiger partial charge in [-0.05, 0) is 32.6 Å². The Morgan fingerprint density at radius 1 is 1.42 bits per heavy atom. The molecule has 0 spiro atoms. The van der Waals surface area contributed by atoms with Gasteiger partial charge in [-0.3, -0.25) is 4.98 Å². The first kappa shape index (κ1) is 14.3. The molecule has 0 aliphatic carbocycles. The smallest absolute Gasteiger partial charge is 0.128 e. The molecule has 1 aliphatic rings. The van der Waals surface area contributed by atoms with Crippen LogP contribution in [0.5, 0.6) is 5.75 Å². The monoisotopic (exact) mass is 264 g/mol. The third kappa shape index (κ3) is 3.25. The van der Waals surface area contributed by atoms with E-state index in [1.54, 1.807) is 7.11 Å². The van der Waals surface area contributed by atoms with E-state index in [0.717, 1.165) is 55.0 Å². The Balaban J connectivity index is 2.10. The van der Waals surface area contributed by atoms with Crippen LogP contribution in [0.25, 0.3) is 0 Å². The third-order valence-electron chi connectivity index (χ3n) is 4.05. The zero-order valence-corrected chi connectivity index (χ0v) is 12.1. The molecule has 1 unspecified atom stereocenters. The molecule has 1 atom stereocenters. The second kappa shape index (κ2) is 6.35. The van der Waals surface area contributed by atoms with E-state index in [1.807, 2.05) is 13.1 Å². The van der Waals surface area contributed by atoms with Crippen LogP contribution in [0, 0.1) is 19.8 Å². The lowest BCUT2D eigenvalue weighted by Gasteiger charge is -2.28. The average molecular weight is 264 g/mol. The van der Waals surface area contributed by atoms with Gasteiger partial charge >= 0.3 is 0 Å². The highest BCUT2D eigenvalue weighted by Crippen LogP contribution is 2.26. The quantitative estimate of drug-likeness (QED) is 0.903. The lowest BCUT2D eigenvalue weighted by molar-refractivity contribution is 0.0583. The van der Waals surface area contributed by atoms with Crippen molar-refractivity contribution in [3.8, 4) is 5.75 Å². The molecule has 4 heteroatoms. The second-order valence-electron chi connectivity index (χ2n) is 5.36. The Kier molecular flexibility index (Phi) is 4.77. The lowest BCUT2D eigenvalue weighted by atomic mass is 9.88. The van der Waals surface area contributed by atoms with E-state index >= 15 is 0 Å². The highest BCUT2D eigenvalue weighted by molar-refractivity contribution is 5.41. The summed E-state index contributed by atoms with van der Waals surface area (Å²) in [6, 6.07) is 0.155. The van der Waals surface area contributed by atoms with Gasteiger partial charge in [0.2, 0.25) is 0 Å². The number of ether oxygens (including phenoxy) is 2. The minimum absolute atomic E-state index is 0.155. The van der Waals surface area contributed by atoms with Gasteiger partial charge in [-0.25, -0.2) is 0 Å². The van der Waals surface area contributed by atoms with Crippen molar-refractivity contribution in [2.45, 2.75) is 39.2 Å². The summed E-state index contributed by atoms with van der Waals surface area (Å²) >= 11 is 0. The number of nitrogens with two attached hydrogens (primary N) is 1. The molecule has 106 valence electrons. The molecule has 4 nitrogen and oxygen atoms in total. The maximum Gasteiger partial charge on any atom is 0.128 e. The van der Waals surface area contributed by atoms with Gasteiger partial charge in [0, 0.05) is 48.7 Å². The molecule has 0 aromatic carbocycles. The predicted octanol–water partition coefficient (Wildman–Crippen LogP) is 2.00. The van der Waals surface area contributed by atoms with Gasteiger partial charge in [-0.1, -0.05) is 0 Å². The van der Waals surface area contributed by atoms with Crippen molar-refractivity contribution in [2.24, 2.45) is 11.7 Å². The van der Waals surface area contributed by atoms with Crippen LogP contribution in [0.15, 0.2) is 6.20 Å². The highest BCUT2D eigenvalue weighted by atomic mass is 16.5. The van der Waals surface area contributed by atoms with Crippen molar-refractivity contribution in [3.05, 3.63) is 23.0 Å². The number of methoxy groups -OCH3 is 1. The van der Waals surface area contributed by atoms with Crippen LogP contribution in [-0.4, -0.2) is 31.3 Å². The molecule has 0 amide bonds. The van der Waals surface area contributed by atoms with Gasteiger partial charge in [-0.15, -0.1) is 0 Å². The fourth-order valence-electron chi connectivity index (χ4n) is 2.81. The van der Waals surface area contributed by atoms with E-state index in [0.29, 0.717) is 5.92 Å². The molecular formula is C15H24N2O2. The number of nitrogens with zero attached hydrogens (tertiary/aromatic N) is 1. The van der Waals surface area contributed by atoms with Gasteiger partial charge in [-0.2, -0.15) is 0 Å². The molecule has 1 fully saturated rings. The average Bonchev–Trinajstić information content (AvgIpc) is 2.43. The summed E-state index contributed by atoms with van der Waals surface area (Å²) in [5, 5.41) is 0. The molecule has 2 N–H and O–H groups in total. The van der Waals surface area contributed by atoms with Gasteiger partial charge in [0.05, 0.1) is 7.11 Å². The maximum absolute atomic E-state index is 6.34. The standard InChI is InChI=1S/C15H24N2O2/c1-10-9-17-14(11(2)15(10)18-3)8-13(16)12-4-6-19-7-5-12/h9,12-13H,4-8,16H2,1-3H3. The Bertz CT molecular complexity index is 428. The number of pyridine rings is 1. The summed E-state index contributed by atoms with van der Waals surface area (Å²) in [6.45, 7) is 5.75. The molecule has 1 aromatic rings. The third-order valence-corrected chi connectivity index (χ3v) is 4.05. The van der Waals surface area contributed by atoms with E-state index in [4.69, 9.17) is 15.2 Å². The minimum atomic E-state index is 0.155. The van der Waals surface area contributed by atoms with E-state index in [2.05, 4.69) is 11.9 Å². The molecule has 0 saturated carbocycles. The first-order valence-electron chi connectivity index (χ1n) is 6.96. The van der Waals surface area contributed by atoms with Gasteiger partial charge in [0.1, 0.15) is 5.75 Å². The molecule has 19 heavy (non-hydrogen) atoms. The van der Waals surface area contributed by atoms with Crippen molar-refractivity contribution >= 4 is 0 Å². The topological polar surface area (TPSA) is 57.4 Å². The first-order valence-corrected chi connectivity index (χ1v) is 6.96. The highest BCUT2D eigenvalue weighted by Gasteiger charge is 2.22. The van der Waals surface area contributed by atoms with Gasteiger partial charge < -0.3 is 15.2 Å². The van der Waals surface area contributed by atoms with Crippen molar-refractivity contribution in [1.29, 1.82) is 0 Å². The Morgan fingerprint density at radius 3 is 2.74 bits per heavy atom. The summed E-state index contributed by atoms with van der Waals surface area (Å²) < 4.78 is 10.8. The number of aryl methyl sites for hydroxylation is 1. The molecule has 0 radical (unpaired) electrons. The first-order chi connectivity index (χ1) is 9.13. The molecule has 1 aliphatic heterocycles. The second-order valence-corrected chi connectivity index (χ2v) is 5.36. The Morgan fingerprint density at radius 2 is 2.11 bits per heavy atom. The summed E-state index contributed by atoms with van der Waals surface area (Å²) in [4.78, 5) is 4.53. The van der Waals surface area contributed by atoms with Gasteiger partial charge in [0.15, 0.2) is 0 Å². The minimum Gasteiger partial charge on any atom is -0.496 e. The zero-order chi connectivity index (χ0) is 13.8. The predicted molar refractivity (Wildman–Crippen MR) is 75.5 cm³/mol. The molecule has 2 heterocycles. The summed E-state index contributed by atoms with van der Waals surface area (Å²) in [7, 11) is 1.71. The van der Waals surface area contributed by atoms with Crippen LogP contribution in [-0.2, 0) is 11.2 Å². The summed E-state index contributed by atoms with van der Waals surface area (Å²) in [5.74, 6) is 1.48. The zero-order valence-electron chi connectivity index (χ0n) is 12.1. The van der Waals surface area contributed by atoms with Crippen LogP contribution >= 0.6 is 0 Å². The number of hydrogen-bond acceptors (Lipinski definition) is 4. The maximum atomic E-state index is 6.34. The Hall–Kier alpha value is -1.13. The Labute approximate surface area is 115 Å². The summed E-state index contributed by atoms with van der Waals surface area (Å²) in [5.41, 5.74) is 9.59. The normalized spacial score (nSPS) is 18.3. The van der Waals surface area contributed by atoms with Crippen LogP contribution in [0.3, 0.4) is 0 Å². The molecule has 1 saturated heterocycles. The largest absolute Gasteiger partial charge is 0.496 e. The van der Waals surface area contributed by atoms with E-state index in [1.165, 1.54) is 0 Å². The molecular weight excluding hydrogens is 240 g/mol. The number of hydrogen-bond donors (Lipinski definition) is 1. The SMILES string of the molecule is COc1c(C)cnc(CC(N)C2CCOCC2)c1C. The summed E-state index contributed by atoms with van der Waals surface area (Å²) in [6.07, 6.45) is 4.80. The van der Waals surface area contributed by atoms with Crippen molar-refractivity contribution in [3.63, 3.8) is 0 Å². The van der Waals surface area contributed by atoms with Crippen LogP contribution in [0.2, 0.25) is 0 Å². The number of rotatable bonds is 4. The number of aromatic nitrogens is 1. The fraction of sp³-hybridized carbons (Fsp3) is 0.667. The van der Waals surface area contributed by atoms with E-state index in [-0.39, 0.29) is 6.04 Å². The molecule has 0 bridgehead atoms. The van der Waals surface area contributed by atoms with Gasteiger partial charge in [0.25, 0.3) is 0 Å². The van der Waals surface area contributed by atoms with Crippen molar-refractivity contribution in [1.82, 2.24) is 4.98 Å². The van der Waals surface area contributed by atoms with Crippen LogP contribution < -0.4 is 10.5 Å². The van der Waals surface area contributed by atoms with E-state index < -0.39 is 0 Å².